The number of aromatic nitrogens is 2. The SMILES string of the molecule is [2H]C([2H])([2H])c1c[c-]c(-c2cc(C)[c]([Ge]([CH3])([CH3])[CH3])cn2)c(F)c1.[2H]C([2H])([2H])c1ccc(-c2ccc3c(oc4c(-c5cc(CC(C)C)ccn5)[c-]ccc43)c2C([2H])([2H])[2H])cc1.[Ir]. The van der Waals surface area contributed by atoms with Crippen LogP contribution in [-0.4, -0.2) is 23.2 Å². The van der Waals surface area contributed by atoms with Gasteiger partial charge in [0, 0.05) is 39.9 Å². The molecule has 0 bridgehead atoms. The molecule has 0 aliphatic heterocycles. The van der Waals surface area contributed by atoms with Gasteiger partial charge in [-0.15, -0.1) is 18.2 Å². The summed E-state index contributed by atoms with van der Waals surface area (Å²) in [5, 5.41) is 1.48. The maximum Gasteiger partial charge on any atom is 0.124 e. The average Bonchev–Trinajstić information content (AvgIpc) is 3.52. The third-order valence-corrected chi connectivity index (χ3v) is 13.1. The molecule has 6 heteroatoms. The zero-order valence-electron chi connectivity index (χ0n) is 38.5. The summed E-state index contributed by atoms with van der Waals surface area (Å²) in [6, 6.07) is 27.8. The molecule has 4 aromatic carbocycles. The largest absolute Gasteiger partial charge is 0.500 e. The molecular formula is C45H45FGeIrN2O-2. The average molecular weight is 923 g/mol. The van der Waals surface area contributed by atoms with E-state index in [4.69, 9.17) is 16.8 Å². The van der Waals surface area contributed by atoms with Crippen molar-refractivity contribution >= 4 is 39.6 Å². The molecule has 0 saturated heterocycles. The van der Waals surface area contributed by atoms with Crippen LogP contribution < -0.4 is 4.40 Å². The van der Waals surface area contributed by atoms with Crippen LogP contribution >= 0.6 is 0 Å². The Morgan fingerprint density at radius 1 is 0.824 bits per heavy atom. The van der Waals surface area contributed by atoms with E-state index in [0.29, 0.717) is 39.3 Å². The fourth-order valence-corrected chi connectivity index (χ4v) is 9.82. The summed E-state index contributed by atoms with van der Waals surface area (Å²) in [6.07, 6.45) is 4.52. The molecule has 0 fully saturated rings. The first kappa shape index (κ1) is 27.7. The summed E-state index contributed by atoms with van der Waals surface area (Å²) >= 11 is -2.00. The number of furan rings is 1. The Labute approximate surface area is 331 Å². The number of hydrogen-bond donors (Lipinski definition) is 0. The molecule has 7 aromatic rings. The van der Waals surface area contributed by atoms with Gasteiger partial charge >= 0.3 is 121 Å². The maximum atomic E-state index is 14.2. The Balaban J connectivity index is 0.000000255. The van der Waals surface area contributed by atoms with Crippen molar-refractivity contribution in [1.82, 2.24) is 9.97 Å². The van der Waals surface area contributed by atoms with Gasteiger partial charge in [-0.25, -0.2) is 0 Å². The number of hydrogen-bond acceptors (Lipinski definition) is 3. The van der Waals surface area contributed by atoms with Crippen molar-refractivity contribution in [2.24, 2.45) is 5.92 Å². The predicted octanol–water partition coefficient (Wildman–Crippen LogP) is 11.8. The van der Waals surface area contributed by atoms with Crippen LogP contribution in [0.1, 0.15) is 54.0 Å². The molecule has 7 rings (SSSR count). The number of benzene rings is 4. The fourth-order valence-electron chi connectivity index (χ4n) is 6.24. The molecule has 3 aromatic heterocycles. The monoisotopic (exact) mass is 924 g/mol. The van der Waals surface area contributed by atoms with Crippen LogP contribution in [0.4, 0.5) is 4.39 Å². The number of nitrogens with zero attached hydrogens (tertiary/aromatic N) is 2. The summed E-state index contributed by atoms with van der Waals surface area (Å²) in [5.41, 5.74) is 6.51. The Bertz CT molecular complexity index is 2650. The Kier molecular flexibility index (Phi) is 8.57. The predicted molar refractivity (Wildman–Crippen MR) is 210 cm³/mol. The van der Waals surface area contributed by atoms with Crippen LogP contribution in [0.15, 0.2) is 95.7 Å². The number of fused-ring (bicyclic) bond motifs is 3. The third-order valence-electron chi connectivity index (χ3n) is 8.59. The molecule has 0 spiro atoms. The van der Waals surface area contributed by atoms with Crippen molar-refractivity contribution in [1.29, 1.82) is 0 Å². The summed E-state index contributed by atoms with van der Waals surface area (Å²) in [7, 11) is 0. The molecule has 0 aliphatic rings. The second-order valence-electron chi connectivity index (χ2n) is 14.0. The topological polar surface area (TPSA) is 38.9 Å². The van der Waals surface area contributed by atoms with Crippen molar-refractivity contribution < 1.29 is 41.2 Å². The number of pyridine rings is 2. The quantitative estimate of drug-likeness (QED) is 0.123. The summed E-state index contributed by atoms with van der Waals surface area (Å²) in [4.78, 5) is 8.92. The number of halogens is 1. The minimum Gasteiger partial charge on any atom is -0.500 e. The van der Waals surface area contributed by atoms with Crippen LogP contribution in [0.2, 0.25) is 17.3 Å². The molecule has 0 aliphatic carbocycles. The van der Waals surface area contributed by atoms with Crippen LogP contribution in [0, 0.1) is 51.3 Å². The summed E-state index contributed by atoms with van der Waals surface area (Å²) in [6.45, 7) is -0.700. The molecule has 0 saturated carbocycles. The van der Waals surface area contributed by atoms with Gasteiger partial charge in [0.05, 0.1) is 5.58 Å². The molecule has 0 atom stereocenters. The molecule has 1 radical (unpaired) electrons. The normalized spacial score (nSPS) is 14.8. The number of aryl methyl sites for hydroxylation is 4. The minimum atomic E-state index is -2.47. The van der Waals surface area contributed by atoms with E-state index in [-0.39, 0.29) is 47.9 Å². The van der Waals surface area contributed by atoms with Crippen LogP contribution in [-0.2, 0) is 26.5 Å². The van der Waals surface area contributed by atoms with Gasteiger partial charge in [0.2, 0.25) is 0 Å². The van der Waals surface area contributed by atoms with Gasteiger partial charge in [-0.2, -0.15) is 0 Å². The maximum absolute atomic E-state index is 14.2. The van der Waals surface area contributed by atoms with E-state index in [1.165, 1.54) is 22.6 Å². The van der Waals surface area contributed by atoms with E-state index in [0.717, 1.165) is 34.7 Å². The van der Waals surface area contributed by atoms with Gasteiger partial charge in [-0.05, 0) is 54.5 Å². The smallest absolute Gasteiger partial charge is 0.124 e. The van der Waals surface area contributed by atoms with Gasteiger partial charge in [0.25, 0.3) is 0 Å². The van der Waals surface area contributed by atoms with E-state index in [9.17, 15) is 4.39 Å². The molecule has 3 heterocycles. The summed E-state index contributed by atoms with van der Waals surface area (Å²) in [5.74, 6) is 6.73. The van der Waals surface area contributed by atoms with Gasteiger partial charge in [-0.3, -0.25) is 0 Å². The molecule has 0 unspecified atom stereocenters. The molecule has 51 heavy (non-hydrogen) atoms. The van der Waals surface area contributed by atoms with E-state index in [1.807, 2.05) is 43.5 Å². The van der Waals surface area contributed by atoms with Crippen molar-refractivity contribution in [2.45, 2.75) is 65.0 Å². The van der Waals surface area contributed by atoms with Crippen LogP contribution in [0.3, 0.4) is 0 Å². The van der Waals surface area contributed by atoms with Crippen molar-refractivity contribution in [3.63, 3.8) is 0 Å². The first-order chi connectivity index (χ1) is 27.4. The van der Waals surface area contributed by atoms with Crippen LogP contribution in [0.25, 0.3) is 55.6 Å². The van der Waals surface area contributed by atoms with E-state index >= 15 is 0 Å². The second-order valence-corrected chi connectivity index (χ2v) is 24.6. The minimum absolute atomic E-state index is 0. The zero-order chi connectivity index (χ0) is 43.2. The van der Waals surface area contributed by atoms with E-state index in [2.05, 4.69) is 53.2 Å². The van der Waals surface area contributed by atoms with Gasteiger partial charge in [0.15, 0.2) is 0 Å². The fraction of sp³-hybridized carbons (Fsp3) is 0.244. The van der Waals surface area contributed by atoms with E-state index in [1.54, 1.807) is 30.5 Å². The Hall–Kier alpha value is -3.90. The van der Waals surface area contributed by atoms with E-state index < -0.39 is 39.6 Å². The zero-order valence-corrected chi connectivity index (χ0v) is 34.0. The standard InChI is InChI=1S/C29H26NO.C16H19FGeN.Ir/c1-18(2)16-21-14-15-30-27(17-21)26-7-5-6-24-25-13-12-23(20(4)28(25)31-29(24)26)22-10-8-19(3)9-11-22;1-11-6-7-13(14(17)8-11)16-9-12(2)15(10-19-16)18(3,4)5;/h5-6,8-15,17-18H,16H2,1-4H3;6,8-10H,1-5H3;/q2*-1;/i3D3,4D3;1D3;. The van der Waals surface area contributed by atoms with Crippen molar-refractivity contribution in [3.8, 4) is 33.6 Å². The molecule has 0 amide bonds. The Morgan fingerprint density at radius 3 is 2.24 bits per heavy atom. The van der Waals surface area contributed by atoms with Crippen molar-refractivity contribution in [3.05, 3.63) is 137 Å². The van der Waals surface area contributed by atoms with Gasteiger partial charge in [0.1, 0.15) is 5.58 Å². The molecule has 3 nitrogen and oxygen atoms in total. The molecular weight excluding hydrogens is 868 g/mol. The van der Waals surface area contributed by atoms with Gasteiger partial charge in [-0.1, -0.05) is 78.4 Å². The van der Waals surface area contributed by atoms with Gasteiger partial charge < -0.3 is 9.40 Å². The molecule has 0 N–H and O–H groups in total. The van der Waals surface area contributed by atoms with Crippen LogP contribution in [0.5, 0.6) is 0 Å². The third kappa shape index (κ3) is 8.44. The first-order valence-corrected chi connectivity index (χ1v) is 23.9. The Morgan fingerprint density at radius 2 is 1.57 bits per heavy atom. The summed E-state index contributed by atoms with van der Waals surface area (Å²) < 4.78 is 91.6. The second kappa shape index (κ2) is 15.8. The number of rotatable bonds is 6. The first-order valence-electron chi connectivity index (χ1n) is 21.1. The molecule has 263 valence electrons. The van der Waals surface area contributed by atoms with Crippen molar-refractivity contribution in [2.75, 3.05) is 0 Å².